The molecule has 0 atom stereocenters. The number of methoxy groups -OCH3 is 1. The molecule has 2 amide bonds. The van der Waals surface area contributed by atoms with E-state index in [0.29, 0.717) is 22.0 Å². The maximum Gasteiger partial charge on any atom is 0.254 e. The highest BCUT2D eigenvalue weighted by molar-refractivity contribution is 6.31. The van der Waals surface area contributed by atoms with E-state index in [0.717, 1.165) is 0 Å². The third kappa shape index (κ3) is 4.59. The number of carbonyl (C=O) groups is 2. The number of halogens is 2. The van der Waals surface area contributed by atoms with Crippen LogP contribution in [0.3, 0.4) is 0 Å². The second kappa shape index (κ2) is 7.99. The predicted octanol–water partition coefficient (Wildman–Crippen LogP) is 3.11. The molecule has 24 heavy (non-hydrogen) atoms. The van der Waals surface area contributed by atoms with Crippen LogP contribution < -0.4 is 10.1 Å². The third-order valence-corrected chi connectivity index (χ3v) is 3.58. The molecule has 0 saturated heterocycles. The summed E-state index contributed by atoms with van der Waals surface area (Å²) in [6, 6.07) is 7.84. The van der Waals surface area contributed by atoms with Crippen LogP contribution in [0, 0.1) is 0 Å². The zero-order chi connectivity index (χ0) is 17.7. The zero-order valence-corrected chi connectivity index (χ0v) is 14.6. The van der Waals surface area contributed by atoms with Gasteiger partial charge in [-0.05, 0) is 30.3 Å². The van der Waals surface area contributed by atoms with E-state index in [1.54, 1.807) is 18.2 Å². The number of nitrogens with one attached hydrogen (secondary N) is 1. The van der Waals surface area contributed by atoms with Crippen LogP contribution in [0.4, 0.5) is 5.69 Å². The van der Waals surface area contributed by atoms with Gasteiger partial charge in [0.15, 0.2) is 0 Å². The van der Waals surface area contributed by atoms with E-state index in [9.17, 15) is 9.59 Å². The Hall–Kier alpha value is -2.31. The highest BCUT2D eigenvalue weighted by Gasteiger charge is 2.16. The highest BCUT2D eigenvalue weighted by Crippen LogP contribution is 2.27. The zero-order valence-electron chi connectivity index (χ0n) is 13.0. The second-order valence-corrected chi connectivity index (χ2v) is 5.74. The van der Waals surface area contributed by atoms with Crippen LogP contribution in [0.1, 0.15) is 10.4 Å². The number of hydrogen-bond acceptors (Lipinski definition) is 4. The van der Waals surface area contributed by atoms with E-state index in [1.165, 1.54) is 37.4 Å². The normalized spacial score (nSPS) is 10.2. The first-order valence-corrected chi connectivity index (χ1v) is 7.66. The average Bonchev–Trinajstić information content (AvgIpc) is 2.54. The Bertz CT molecular complexity index is 768. The number of pyridine rings is 1. The van der Waals surface area contributed by atoms with E-state index in [4.69, 9.17) is 27.9 Å². The lowest BCUT2D eigenvalue weighted by atomic mass is 10.2. The van der Waals surface area contributed by atoms with Crippen molar-refractivity contribution in [3.8, 4) is 5.75 Å². The van der Waals surface area contributed by atoms with Crippen LogP contribution in [0.15, 0.2) is 36.5 Å². The first-order chi connectivity index (χ1) is 11.4. The van der Waals surface area contributed by atoms with Crippen molar-refractivity contribution in [2.45, 2.75) is 0 Å². The first-order valence-electron chi connectivity index (χ1n) is 6.91. The van der Waals surface area contributed by atoms with Gasteiger partial charge in [-0.25, -0.2) is 4.98 Å². The van der Waals surface area contributed by atoms with E-state index in [2.05, 4.69) is 10.3 Å². The molecule has 8 heteroatoms. The standard InChI is InChI=1S/C16H15Cl2N3O3/c1-21(16(23)10-5-6-19-14(18)7-10)9-15(22)20-12-8-11(17)3-4-13(12)24-2/h3-8H,9H2,1-2H3,(H,20,22). The number of hydrogen-bond donors (Lipinski definition) is 1. The summed E-state index contributed by atoms with van der Waals surface area (Å²) in [5.74, 6) is -0.248. The smallest absolute Gasteiger partial charge is 0.254 e. The van der Waals surface area contributed by atoms with Gasteiger partial charge in [0, 0.05) is 23.8 Å². The van der Waals surface area contributed by atoms with Gasteiger partial charge in [-0.1, -0.05) is 23.2 Å². The van der Waals surface area contributed by atoms with Crippen molar-refractivity contribution in [3.63, 3.8) is 0 Å². The summed E-state index contributed by atoms with van der Waals surface area (Å²) in [6.45, 7) is -0.144. The van der Waals surface area contributed by atoms with Crippen molar-refractivity contribution < 1.29 is 14.3 Å². The number of anilines is 1. The molecule has 0 saturated carbocycles. The molecule has 2 rings (SSSR count). The van der Waals surface area contributed by atoms with Gasteiger partial charge in [0.1, 0.15) is 10.9 Å². The van der Waals surface area contributed by atoms with Gasteiger partial charge >= 0.3 is 0 Å². The fourth-order valence-corrected chi connectivity index (χ4v) is 2.36. The number of likely N-dealkylation sites (N-methyl/N-ethyl adjacent to an activating group) is 1. The Morgan fingerprint density at radius 3 is 2.67 bits per heavy atom. The molecular formula is C16H15Cl2N3O3. The fourth-order valence-electron chi connectivity index (χ4n) is 2.01. The molecule has 1 N–H and O–H groups in total. The summed E-state index contributed by atoms with van der Waals surface area (Å²) in [4.78, 5) is 29.5. The Morgan fingerprint density at radius 2 is 2.00 bits per heavy atom. The van der Waals surface area contributed by atoms with Crippen LogP contribution in [-0.2, 0) is 4.79 Å². The fraction of sp³-hybridized carbons (Fsp3) is 0.188. The van der Waals surface area contributed by atoms with Gasteiger partial charge in [0.25, 0.3) is 5.91 Å². The Labute approximate surface area is 149 Å². The minimum absolute atomic E-state index is 0.144. The van der Waals surface area contributed by atoms with Crippen LogP contribution in [0.25, 0.3) is 0 Å². The van der Waals surface area contributed by atoms with Crippen molar-refractivity contribution in [2.75, 3.05) is 26.0 Å². The van der Waals surface area contributed by atoms with Gasteiger partial charge in [0.2, 0.25) is 5.91 Å². The van der Waals surface area contributed by atoms with E-state index in [-0.39, 0.29) is 23.5 Å². The van der Waals surface area contributed by atoms with Crippen molar-refractivity contribution in [3.05, 3.63) is 52.3 Å². The molecule has 0 radical (unpaired) electrons. The predicted molar refractivity (Wildman–Crippen MR) is 92.8 cm³/mol. The minimum Gasteiger partial charge on any atom is -0.495 e. The number of aromatic nitrogens is 1. The molecule has 0 bridgehead atoms. The number of ether oxygens (including phenoxy) is 1. The molecule has 1 aromatic heterocycles. The topological polar surface area (TPSA) is 71.5 Å². The molecule has 1 heterocycles. The summed E-state index contributed by atoms with van der Waals surface area (Å²) in [7, 11) is 3.01. The molecule has 6 nitrogen and oxygen atoms in total. The molecule has 0 aliphatic rings. The second-order valence-electron chi connectivity index (χ2n) is 4.92. The number of rotatable bonds is 5. The van der Waals surface area contributed by atoms with E-state index >= 15 is 0 Å². The molecule has 1 aromatic carbocycles. The van der Waals surface area contributed by atoms with Gasteiger partial charge in [-0.15, -0.1) is 0 Å². The minimum atomic E-state index is -0.383. The summed E-state index contributed by atoms with van der Waals surface area (Å²) in [5, 5.41) is 3.34. The van der Waals surface area contributed by atoms with Crippen molar-refractivity contribution >= 4 is 40.7 Å². The lowest BCUT2D eigenvalue weighted by molar-refractivity contribution is -0.116. The average molecular weight is 368 g/mol. The van der Waals surface area contributed by atoms with E-state index < -0.39 is 0 Å². The number of benzene rings is 1. The monoisotopic (exact) mass is 367 g/mol. The van der Waals surface area contributed by atoms with Crippen molar-refractivity contribution in [2.24, 2.45) is 0 Å². The van der Waals surface area contributed by atoms with Crippen LogP contribution >= 0.6 is 23.2 Å². The number of amides is 2. The highest BCUT2D eigenvalue weighted by atomic mass is 35.5. The maximum absolute atomic E-state index is 12.3. The number of nitrogens with zero attached hydrogens (tertiary/aromatic N) is 2. The summed E-state index contributed by atoms with van der Waals surface area (Å²) < 4.78 is 5.16. The molecule has 0 spiro atoms. The molecule has 0 aliphatic carbocycles. The lowest BCUT2D eigenvalue weighted by Crippen LogP contribution is -2.35. The van der Waals surface area contributed by atoms with Crippen molar-refractivity contribution in [1.82, 2.24) is 9.88 Å². The Morgan fingerprint density at radius 1 is 1.25 bits per heavy atom. The summed E-state index contributed by atoms with van der Waals surface area (Å²) >= 11 is 11.7. The Balaban J connectivity index is 2.04. The quantitative estimate of drug-likeness (QED) is 0.824. The maximum atomic E-state index is 12.3. The van der Waals surface area contributed by atoms with Crippen LogP contribution in [-0.4, -0.2) is 42.4 Å². The molecule has 0 fully saturated rings. The van der Waals surface area contributed by atoms with E-state index in [1.807, 2.05) is 0 Å². The summed E-state index contributed by atoms with van der Waals surface area (Å²) in [5.41, 5.74) is 0.786. The summed E-state index contributed by atoms with van der Waals surface area (Å²) in [6.07, 6.45) is 1.43. The largest absolute Gasteiger partial charge is 0.495 e. The van der Waals surface area contributed by atoms with Crippen molar-refractivity contribution in [1.29, 1.82) is 0 Å². The third-order valence-electron chi connectivity index (χ3n) is 3.14. The van der Waals surface area contributed by atoms with Gasteiger partial charge in [0.05, 0.1) is 19.3 Å². The molecule has 0 unspecified atom stereocenters. The lowest BCUT2D eigenvalue weighted by Gasteiger charge is -2.17. The molecule has 2 aromatic rings. The van der Waals surface area contributed by atoms with Crippen LogP contribution in [0.2, 0.25) is 10.2 Å². The first kappa shape index (κ1) is 18.0. The number of carbonyl (C=O) groups excluding carboxylic acids is 2. The Kier molecular flexibility index (Phi) is 6.00. The van der Waals surface area contributed by atoms with Gasteiger partial charge in [-0.3, -0.25) is 9.59 Å². The molecule has 126 valence electrons. The molecule has 0 aliphatic heterocycles. The molecular weight excluding hydrogens is 353 g/mol. The van der Waals surface area contributed by atoms with Gasteiger partial charge < -0.3 is 15.0 Å². The van der Waals surface area contributed by atoms with Gasteiger partial charge in [-0.2, -0.15) is 0 Å². The SMILES string of the molecule is COc1ccc(Cl)cc1NC(=O)CN(C)C(=O)c1ccnc(Cl)c1. The van der Waals surface area contributed by atoms with Crippen LogP contribution in [0.5, 0.6) is 5.75 Å².